The summed E-state index contributed by atoms with van der Waals surface area (Å²) in [6, 6.07) is 12.1. The van der Waals surface area contributed by atoms with Crippen LogP contribution in [0.15, 0.2) is 36.4 Å². The Balaban J connectivity index is 2.34. The van der Waals surface area contributed by atoms with Crippen molar-refractivity contribution in [2.45, 2.75) is 46.6 Å². The van der Waals surface area contributed by atoms with Gasteiger partial charge in [0.15, 0.2) is 0 Å². The maximum atomic E-state index is 10.5. The second kappa shape index (κ2) is 9.01. The van der Waals surface area contributed by atoms with Gasteiger partial charge in [-0.25, -0.2) is 0 Å². The van der Waals surface area contributed by atoms with Crippen LogP contribution in [0.3, 0.4) is 0 Å². The Morgan fingerprint density at radius 3 is 2.54 bits per heavy atom. The van der Waals surface area contributed by atoms with Crippen molar-refractivity contribution in [2.24, 2.45) is 0 Å². The van der Waals surface area contributed by atoms with E-state index in [-0.39, 0.29) is 11.1 Å². The molecule has 140 valence electrons. The van der Waals surface area contributed by atoms with Crippen molar-refractivity contribution < 1.29 is 14.7 Å². The second-order valence-electron chi connectivity index (χ2n) is 6.53. The molecule has 4 nitrogen and oxygen atoms in total. The van der Waals surface area contributed by atoms with Crippen molar-refractivity contribution in [3.8, 4) is 5.75 Å². The lowest BCUT2D eigenvalue weighted by Crippen LogP contribution is -2.29. The van der Waals surface area contributed by atoms with E-state index in [1.165, 1.54) is 12.7 Å². The van der Waals surface area contributed by atoms with Gasteiger partial charge in [-0.15, -0.1) is 0 Å². The SMILES string of the molecule is CCc1ccc(OCc2cccc(C(C)C)c2N(O)C(=S)OC)c(C)c1. The first-order valence-electron chi connectivity index (χ1n) is 8.80. The molecule has 0 saturated heterocycles. The van der Waals surface area contributed by atoms with E-state index >= 15 is 0 Å². The predicted molar refractivity (Wildman–Crippen MR) is 109 cm³/mol. The van der Waals surface area contributed by atoms with E-state index in [9.17, 15) is 5.21 Å². The molecule has 0 saturated carbocycles. The summed E-state index contributed by atoms with van der Waals surface area (Å²) in [5, 5.41) is 11.5. The van der Waals surface area contributed by atoms with Crippen LogP contribution in [0, 0.1) is 6.92 Å². The molecule has 1 N–H and O–H groups in total. The van der Waals surface area contributed by atoms with E-state index < -0.39 is 0 Å². The zero-order valence-electron chi connectivity index (χ0n) is 16.1. The molecule has 0 bridgehead atoms. The number of hydrogen-bond donors (Lipinski definition) is 1. The molecule has 0 aliphatic carbocycles. The minimum Gasteiger partial charge on any atom is -0.489 e. The van der Waals surface area contributed by atoms with Crippen LogP contribution in [0.2, 0.25) is 0 Å². The number of nitrogens with zero attached hydrogens (tertiary/aromatic N) is 1. The molecule has 2 rings (SSSR count). The van der Waals surface area contributed by atoms with Crippen LogP contribution < -0.4 is 9.80 Å². The van der Waals surface area contributed by atoms with Gasteiger partial charge in [0.1, 0.15) is 12.4 Å². The van der Waals surface area contributed by atoms with Gasteiger partial charge in [-0.2, -0.15) is 5.06 Å². The van der Waals surface area contributed by atoms with E-state index in [0.29, 0.717) is 12.3 Å². The number of hydroxylamine groups is 1. The quantitative estimate of drug-likeness (QED) is 0.543. The van der Waals surface area contributed by atoms with Crippen molar-refractivity contribution >= 4 is 23.1 Å². The molecule has 0 fully saturated rings. The lowest BCUT2D eigenvalue weighted by Gasteiger charge is -2.24. The summed E-state index contributed by atoms with van der Waals surface area (Å²) < 4.78 is 11.1. The van der Waals surface area contributed by atoms with Crippen LogP contribution in [-0.4, -0.2) is 17.5 Å². The molecular formula is C21H27NO3S. The van der Waals surface area contributed by atoms with E-state index in [4.69, 9.17) is 21.7 Å². The van der Waals surface area contributed by atoms with Gasteiger partial charge in [-0.05, 0) is 54.2 Å². The van der Waals surface area contributed by atoms with Gasteiger partial charge >= 0.3 is 0 Å². The lowest BCUT2D eigenvalue weighted by molar-refractivity contribution is 0.263. The zero-order chi connectivity index (χ0) is 19.3. The minimum atomic E-state index is 0.00262. The largest absolute Gasteiger partial charge is 0.489 e. The highest BCUT2D eigenvalue weighted by atomic mass is 32.1. The molecule has 2 aromatic carbocycles. The molecule has 5 heteroatoms. The fraction of sp³-hybridized carbons (Fsp3) is 0.381. The van der Waals surface area contributed by atoms with Crippen LogP contribution in [0.1, 0.15) is 48.9 Å². The smallest absolute Gasteiger partial charge is 0.288 e. The van der Waals surface area contributed by atoms with Gasteiger partial charge < -0.3 is 9.47 Å². The second-order valence-corrected chi connectivity index (χ2v) is 6.88. The molecule has 0 aromatic heterocycles. The molecular weight excluding hydrogens is 346 g/mol. The summed E-state index contributed by atoms with van der Waals surface area (Å²) in [7, 11) is 1.44. The summed E-state index contributed by atoms with van der Waals surface area (Å²) in [5.74, 6) is 1.05. The Hall–Kier alpha value is -2.11. The molecule has 0 aliphatic rings. The standard InChI is InChI=1S/C21H27NO3S/c1-6-16-10-11-19(15(4)12-16)25-13-17-8-7-9-18(14(2)3)20(17)22(23)21(26)24-5/h7-12,14,23H,6,13H2,1-5H3. The van der Waals surface area contributed by atoms with Gasteiger partial charge in [0.25, 0.3) is 5.17 Å². The zero-order valence-corrected chi connectivity index (χ0v) is 16.9. The third-order valence-corrected chi connectivity index (χ3v) is 4.70. The number of aryl methyl sites for hydroxylation is 2. The monoisotopic (exact) mass is 373 g/mol. The molecule has 2 aromatic rings. The number of rotatable bonds is 6. The fourth-order valence-corrected chi connectivity index (χ4v) is 2.97. The first-order chi connectivity index (χ1) is 12.4. The van der Waals surface area contributed by atoms with Gasteiger partial charge in [0.2, 0.25) is 0 Å². The molecule has 0 radical (unpaired) electrons. The Labute approximate surface area is 161 Å². The highest BCUT2D eigenvalue weighted by Crippen LogP contribution is 2.32. The number of hydrogen-bond acceptors (Lipinski definition) is 4. The van der Waals surface area contributed by atoms with Crippen molar-refractivity contribution in [1.82, 2.24) is 0 Å². The third kappa shape index (κ3) is 4.54. The van der Waals surface area contributed by atoms with Crippen molar-refractivity contribution in [3.05, 3.63) is 58.7 Å². The normalized spacial score (nSPS) is 10.7. The summed E-state index contributed by atoms with van der Waals surface area (Å²) >= 11 is 5.10. The highest BCUT2D eigenvalue weighted by Gasteiger charge is 2.20. The van der Waals surface area contributed by atoms with Gasteiger partial charge in [-0.3, -0.25) is 5.21 Å². The Bertz CT molecular complexity index is 774. The van der Waals surface area contributed by atoms with Crippen LogP contribution >= 0.6 is 12.2 Å². The van der Waals surface area contributed by atoms with Crippen LogP contribution in [-0.2, 0) is 17.8 Å². The minimum absolute atomic E-state index is 0.00262. The molecule has 0 amide bonds. The average Bonchev–Trinajstić information content (AvgIpc) is 2.65. The van der Waals surface area contributed by atoms with Crippen LogP contribution in [0.5, 0.6) is 5.75 Å². The van der Waals surface area contributed by atoms with E-state index in [1.807, 2.05) is 31.2 Å². The maximum Gasteiger partial charge on any atom is 0.288 e. The first-order valence-corrected chi connectivity index (χ1v) is 9.20. The fourth-order valence-electron chi connectivity index (χ4n) is 2.88. The highest BCUT2D eigenvalue weighted by molar-refractivity contribution is 7.80. The lowest BCUT2D eigenvalue weighted by atomic mass is 9.97. The number of methoxy groups -OCH3 is 1. The topological polar surface area (TPSA) is 41.9 Å². The Morgan fingerprint density at radius 2 is 1.96 bits per heavy atom. The Kier molecular flexibility index (Phi) is 7.00. The van der Waals surface area contributed by atoms with E-state index in [0.717, 1.165) is 33.9 Å². The molecule has 0 spiro atoms. The number of benzene rings is 2. The number of ether oxygens (including phenoxy) is 2. The molecule has 0 unspecified atom stereocenters. The summed E-state index contributed by atoms with van der Waals surface area (Å²) in [5.41, 5.74) is 4.82. The first kappa shape index (κ1) is 20.2. The summed E-state index contributed by atoms with van der Waals surface area (Å²) in [4.78, 5) is 0. The van der Waals surface area contributed by atoms with Crippen molar-refractivity contribution in [1.29, 1.82) is 0 Å². The number of thiocarbonyl (C=S) groups is 1. The summed E-state index contributed by atoms with van der Waals surface area (Å²) in [6.45, 7) is 8.64. The number of para-hydroxylation sites is 1. The van der Waals surface area contributed by atoms with Crippen LogP contribution in [0.4, 0.5) is 5.69 Å². The van der Waals surface area contributed by atoms with E-state index in [2.05, 4.69) is 32.9 Å². The van der Waals surface area contributed by atoms with Gasteiger partial charge in [0.05, 0.1) is 12.8 Å². The van der Waals surface area contributed by atoms with Crippen molar-refractivity contribution in [3.63, 3.8) is 0 Å². The molecule has 0 atom stereocenters. The third-order valence-electron chi connectivity index (χ3n) is 4.36. The Morgan fingerprint density at radius 1 is 1.23 bits per heavy atom. The molecule has 26 heavy (non-hydrogen) atoms. The van der Waals surface area contributed by atoms with Gasteiger partial charge in [-0.1, -0.05) is 51.1 Å². The maximum absolute atomic E-state index is 10.5. The predicted octanol–water partition coefficient (Wildman–Crippen LogP) is 5.39. The van der Waals surface area contributed by atoms with E-state index in [1.54, 1.807) is 0 Å². The van der Waals surface area contributed by atoms with Crippen molar-refractivity contribution in [2.75, 3.05) is 12.2 Å². The number of anilines is 1. The summed E-state index contributed by atoms with van der Waals surface area (Å²) in [6.07, 6.45) is 0.996. The van der Waals surface area contributed by atoms with Gasteiger partial charge in [0, 0.05) is 5.56 Å². The average molecular weight is 374 g/mol. The van der Waals surface area contributed by atoms with Crippen LogP contribution in [0.25, 0.3) is 0 Å². The molecule has 0 heterocycles. The molecule has 0 aliphatic heterocycles.